The minimum absolute atomic E-state index is 0.0232. The minimum atomic E-state index is -0.886. The molecule has 0 bridgehead atoms. The number of carboxylic acids is 1. The van der Waals surface area contributed by atoms with E-state index in [1.54, 1.807) is 34.7 Å². The standard InChI is InChI=1S/C18H19N7O2/c1-10-17(11(2)25(23-10)7-5-16(26)27)14-8-12(13(9-19)18(20)22-14)15-4-6-21-24(15)3/h4,6,8H,5,7H2,1-3H3,(H2,20,22)(H,26,27). The molecule has 3 aromatic heterocycles. The number of aliphatic carboxylic acids is 1. The molecule has 3 N–H and O–H groups in total. The summed E-state index contributed by atoms with van der Waals surface area (Å²) in [7, 11) is 1.78. The number of carboxylic acid groups (broad SMARTS) is 1. The fourth-order valence-corrected chi connectivity index (χ4v) is 3.14. The van der Waals surface area contributed by atoms with Crippen LogP contribution in [0, 0.1) is 25.2 Å². The number of nitrogens with two attached hydrogens (primary N) is 1. The number of aryl methyl sites for hydroxylation is 3. The van der Waals surface area contributed by atoms with Crippen molar-refractivity contribution in [2.75, 3.05) is 5.73 Å². The van der Waals surface area contributed by atoms with Crippen molar-refractivity contribution >= 4 is 11.8 Å². The molecule has 0 unspecified atom stereocenters. The molecule has 3 aromatic rings. The fourth-order valence-electron chi connectivity index (χ4n) is 3.14. The van der Waals surface area contributed by atoms with Crippen molar-refractivity contribution in [1.82, 2.24) is 24.5 Å². The Morgan fingerprint density at radius 1 is 1.41 bits per heavy atom. The maximum absolute atomic E-state index is 10.9. The van der Waals surface area contributed by atoms with Crippen molar-refractivity contribution in [2.45, 2.75) is 26.8 Å². The Balaban J connectivity index is 2.17. The first kappa shape index (κ1) is 18.1. The van der Waals surface area contributed by atoms with Crippen LogP contribution in [-0.4, -0.2) is 35.6 Å². The number of pyridine rings is 1. The second kappa shape index (κ2) is 6.92. The van der Waals surface area contributed by atoms with E-state index in [9.17, 15) is 10.1 Å². The summed E-state index contributed by atoms with van der Waals surface area (Å²) in [6.07, 6.45) is 1.62. The maximum atomic E-state index is 10.9. The molecule has 0 spiro atoms. The van der Waals surface area contributed by atoms with Crippen LogP contribution in [0.1, 0.15) is 23.4 Å². The van der Waals surface area contributed by atoms with Gasteiger partial charge in [0.2, 0.25) is 0 Å². The van der Waals surface area contributed by atoms with Gasteiger partial charge in [0, 0.05) is 30.1 Å². The lowest BCUT2D eigenvalue weighted by Crippen LogP contribution is -2.07. The van der Waals surface area contributed by atoms with Crippen LogP contribution in [0.25, 0.3) is 22.5 Å². The van der Waals surface area contributed by atoms with E-state index in [1.807, 2.05) is 13.8 Å². The molecule has 0 aliphatic heterocycles. The number of aromatic nitrogens is 5. The average molecular weight is 365 g/mol. The van der Waals surface area contributed by atoms with Gasteiger partial charge in [-0.25, -0.2) is 4.98 Å². The molecule has 3 heterocycles. The van der Waals surface area contributed by atoms with Crippen molar-refractivity contribution in [3.8, 4) is 28.6 Å². The van der Waals surface area contributed by atoms with E-state index in [0.29, 0.717) is 17.0 Å². The molecule has 9 nitrogen and oxygen atoms in total. The molecule has 138 valence electrons. The van der Waals surface area contributed by atoms with E-state index in [1.165, 1.54) is 0 Å². The van der Waals surface area contributed by atoms with Crippen LogP contribution in [-0.2, 0) is 18.4 Å². The van der Waals surface area contributed by atoms with Crippen LogP contribution in [0.2, 0.25) is 0 Å². The molecule has 0 atom stereocenters. The Kier molecular flexibility index (Phi) is 4.64. The third-order valence-electron chi connectivity index (χ3n) is 4.43. The number of nitrogens with zero attached hydrogens (tertiary/aromatic N) is 6. The largest absolute Gasteiger partial charge is 0.481 e. The maximum Gasteiger partial charge on any atom is 0.305 e. The van der Waals surface area contributed by atoms with Gasteiger partial charge in [-0.05, 0) is 26.0 Å². The first-order chi connectivity index (χ1) is 12.8. The van der Waals surface area contributed by atoms with Crippen molar-refractivity contribution < 1.29 is 9.90 Å². The highest BCUT2D eigenvalue weighted by molar-refractivity contribution is 5.79. The lowest BCUT2D eigenvalue weighted by atomic mass is 10.0. The summed E-state index contributed by atoms with van der Waals surface area (Å²) in [5.74, 6) is -0.758. The quantitative estimate of drug-likeness (QED) is 0.704. The van der Waals surface area contributed by atoms with Gasteiger partial charge in [-0.15, -0.1) is 0 Å². The highest BCUT2D eigenvalue weighted by atomic mass is 16.4. The molecule has 0 saturated carbocycles. The number of anilines is 1. The van der Waals surface area contributed by atoms with Crippen molar-refractivity contribution in [1.29, 1.82) is 5.26 Å². The summed E-state index contributed by atoms with van der Waals surface area (Å²) in [6.45, 7) is 3.96. The van der Waals surface area contributed by atoms with Crippen molar-refractivity contribution in [2.24, 2.45) is 7.05 Å². The normalized spacial score (nSPS) is 10.7. The number of nitriles is 1. The van der Waals surface area contributed by atoms with E-state index in [4.69, 9.17) is 10.8 Å². The summed E-state index contributed by atoms with van der Waals surface area (Å²) < 4.78 is 3.31. The molecule has 27 heavy (non-hydrogen) atoms. The Bertz CT molecular complexity index is 1070. The molecule has 0 aliphatic carbocycles. The van der Waals surface area contributed by atoms with Gasteiger partial charge in [-0.1, -0.05) is 0 Å². The Morgan fingerprint density at radius 2 is 2.15 bits per heavy atom. The van der Waals surface area contributed by atoms with Gasteiger partial charge in [-0.3, -0.25) is 14.2 Å². The van der Waals surface area contributed by atoms with Gasteiger partial charge in [0.05, 0.1) is 30.0 Å². The second-order valence-electron chi connectivity index (χ2n) is 6.18. The van der Waals surface area contributed by atoms with Gasteiger partial charge in [0.1, 0.15) is 17.5 Å². The first-order valence-corrected chi connectivity index (χ1v) is 8.28. The molecule has 9 heteroatoms. The predicted octanol–water partition coefficient (Wildman–Crippen LogP) is 1.89. The number of nitrogen functional groups attached to an aromatic ring is 1. The molecular formula is C18H19N7O2. The summed E-state index contributed by atoms with van der Waals surface area (Å²) in [4.78, 5) is 15.3. The van der Waals surface area contributed by atoms with Crippen LogP contribution >= 0.6 is 0 Å². The highest BCUT2D eigenvalue weighted by Crippen LogP contribution is 2.33. The van der Waals surface area contributed by atoms with Gasteiger partial charge in [0.15, 0.2) is 0 Å². The zero-order valence-corrected chi connectivity index (χ0v) is 15.3. The van der Waals surface area contributed by atoms with E-state index in [-0.39, 0.29) is 24.3 Å². The predicted molar refractivity (Wildman–Crippen MR) is 98.5 cm³/mol. The summed E-state index contributed by atoms with van der Waals surface area (Å²) in [6, 6.07) is 5.71. The Hall–Kier alpha value is -3.67. The molecule has 0 saturated heterocycles. The van der Waals surface area contributed by atoms with Crippen LogP contribution in [0.4, 0.5) is 5.82 Å². The zero-order valence-electron chi connectivity index (χ0n) is 15.3. The van der Waals surface area contributed by atoms with Crippen LogP contribution in [0.3, 0.4) is 0 Å². The summed E-state index contributed by atoms with van der Waals surface area (Å²) >= 11 is 0. The minimum Gasteiger partial charge on any atom is -0.481 e. The fraction of sp³-hybridized carbons (Fsp3) is 0.278. The third kappa shape index (κ3) is 3.25. The first-order valence-electron chi connectivity index (χ1n) is 8.28. The van der Waals surface area contributed by atoms with Gasteiger partial charge >= 0.3 is 5.97 Å². The van der Waals surface area contributed by atoms with E-state index < -0.39 is 5.97 Å². The molecule has 0 aliphatic rings. The monoisotopic (exact) mass is 365 g/mol. The zero-order chi connectivity index (χ0) is 19.7. The number of hydrogen-bond acceptors (Lipinski definition) is 6. The number of carbonyl (C=O) groups is 1. The Labute approximate surface area is 155 Å². The lowest BCUT2D eigenvalue weighted by molar-refractivity contribution is -0.137. The summed E-state index contributed by atoms with van der Waals surface area (Å²) in [5.41, 5.74) is 10.6. The Morgan fingerprint density at radius 3 is 2.74 bits per heavy atom. The molecule has 0 fully saturated rings. The topological polar surface area (TPSA) is 136 Å². The van der Waals surface area contributed by atoms with Crippen molar-refractivity contribution in [3.05, 3.63) is 35.3 Å². The van der Waals surface area contributed by atoms with Crippen LogP contribution in [0.15, 0.2) is 18.3 Å². The second-order valence-corrected chi connectivity index (χ2v) is 6.18. The van der Waals surface area contributed by atoms with Crippen LogP contribution in [0.5, 0.6) is 0 Å². The number of hydrogen-bond donors (Lipinski definition) is 2. The molecular weight excluding hydrogens is 346 g/mol. The smallest absolute Gasteiger partial charge is 0.305 e. The molecule has 3 rings (SSSR count). The summed E-state index contributed by atoms with van der Waals surface area (Å²) in [5, 5.41) is 27.0. The SMILES string of the molecule is Cc1nn(CCC(=O)O)c(C)c1-c1cc(-c2ccnn2C)c(C#N)c(N)n1. The highest BCUT2D eigenvalue weighted by Gasteiger charge is 2.20. The molecule has 0 radical (unpaired) electrons. The van der Waals surface area contributed by atoms with E-state index >= 15 is 0 Å². The average Bonchev–Trinajstić information content (AvgIpc) is 3.15. The van der Waals surface area contributed by atoms with E-state index in [2.05, 4.69) is 21.3 Å². The van der Waals surface area contributed by atoms with Gasteiger partial charge in [-0.2, -0.15) is 15.5 Å². The molecule has 0 aromatic carbocycles. The lowest BCUT2D eigenvalue weighted by Gasteiger charge is -2.11. The third-order valence-corrected chi connectivity index (χ3v) is 4.43. The van der Waals surface area contributed by atoms with Crippen molar-refractivity contribution in [3.63, 3.8) is 0 Å². The molecule has 0 amide bonds. The van der Waals surface area contributed by atoms with Gasteiger partial charge in [0.25, 0.3) is 0 Å². The number of rotatable bonds is 5. The van der Waals surface area contributed by atoms with E-state index in [0.717, 1.165) is 17.0 Å². The van der Waals surface area contributed by atoms with Crippen LogP contribution < -0.4 is 5.73 Å². The van der Waals surface area contributed by atoms with Gasteiger partial charge < -0.3 is 10.8 Å².